The van der Waals surface area contributed by atoms with Gasteiger partial charge in [-0.15, -0.1) is 0 Å². The number of aromatic carboxylic acids is 1. The molecule has 2 aromatic rings. The molecular formula is C10H5BrFNO3. The third kappa shape index (κ3) is 1.61. The predicted octanol–water partition coefficient (Wildman–Crippen LogP) is 2.13. The number of aromatic amines is 1. The third-order valence-electron chi connectivity index (χ3n) is 2.13. The Bertz CT molecular complexity index is 650. The van der Waals surface area contributed by atoms with Crippen LogP contribution in [0.2, 0.25) is 0 Å². The quantitative estimate of drug-likeness (QED) is 0.843. The summed E-state index contributed by atoms with van der Waals surface area (Å²) in [5.41, 5.74) is -0.611. The Morgan fingerprint density at radius 2 is 2.12 bits per heavy atom. The lowest BCUT2D eigenvalue weighted by Gasteiger charge is -2.04. The van der Waals surface area contributed by atoms with Gasteiger partial charge in [-0.3, -0.25) is 4.79 Å². The zero-order valence-corrected chi connectivity index (χ0v) is 9.34. The number of benzene rings is 1. The Kier molecular flexibility index (Phi) is 2.51. The number of carboxylic acid groups (broad SMARTS) is 1. The van der Waals surface area contributed by atoms with Crippen molar-refractivity contribution in [3.63, 3.8) is 0 Å². The topological polar surface area (TPSA) is 70.2 Å². The zero-order chi connectivity index (χ0) is 11.9. The minimum Gasteiger partial charge on any atom is -0.478 e. The van der Waals surface area contributed by atoms with E-state index < -0.39 is 17.3 Å². The number of aromatic nitrogens is 1. The van der Waals surface area contributed by atoms with E-state index in [-0.39, 0.29) is 20.9 Å². The Hall–Kier alpha value is -1.69. The lowest BCUT2D eigenvalue weighted by atomic mass is 10.1. The van der Waals surface area contributed by atoms with Crippen molar-refractivity contribution in [3.8, 4) is 0 Å². The molecule has 0 unspecified atom stereocenters. The normalized spacial score (nSPS) is 10.6. The molecule has 2 N–H and O–H groups in total. The highest BCUT2D eigenvalue weighted by Gasteiger charge is 2.16. The van der Waals surface area contributed by atoms with Gasteiger partial charge in [-0.2, -0.15) is 0 Å². The maximum atomic E-state index is 12.9. The van der Waals surface area contributed by atoms with Crippen molar-refractivity contribution in [1.29, 1.82) is 0 Å². The fourth-order valence-electron chi connectivity index (χ4n) is 1.46. The molecule has 0 saturated carbocycles. The zero-order valence-electron chi connectivity index (χ0n) is 7.75. The minimum atomic E-state index is -1.24. The first-order valence-corrected chi connectivity index (χ1v) is 5.04. The molecule has 0 radical (unpaired) electrons. The number of fused-ring (bicyclic) bond motifs is 1. The van der Waals surface area contributed by atoms with E-state index in [4.69, 9.17) is 5.11 Å². The van der Waals surface area contributed by atoms with E-state index in [1.807, 2.05) is 0 Å². The molecule has 0 bridgehead atoms. The number of nitrogens with one attached hydrogen (secondary N) is 1. The average Bonchev–Trinajstić information content (AvgIpc) is 2.19. The first kappa shape index (κ1) is 10.8. The predicted molar refractivity (Wildman–Crippen MR) is 59.2 cm³/mol. The number of carboxylic acids is 1. The van der Waals surface area contributed by atoms with E-state index in [0.29, 0.717) is 0 Å². The highest BCUT2D eigenvalue weighted by molar-refractivity contribution is 9.10. The van der Waals surface area contributed by atoms with Gasteiger partial charge in [0.25, 0.3) is 5.56 Å². The number of H-pyrrole nitrogens is 1. The van der Waals surface area contributed by atoms with E-state index in [2.05, 4.69) is 20.9 Å². The van der Waals surface area contributed by atoms with E-state index in [9.17, 15) is 14.0 Å². The number of hydrogen-bond acceptors (Lipinski definition) is 2. The standard InChI is InChI=1S/C10H5BrFNO3/c11-8-7(10(15)16)5-2-1-4(12)3-6(5)13-9(8)14/h1-3H,(H,13,14)(H,15,16). The van der Waals surface area contributed by atoms with Crippen molar-refractivity contribution in [2.75, 3.05) is 0 Å². The summed E-state index contributed by atoms with van der Waals surface area (Å²) in [6.07, 6.45) is 0. The largest absolute Gasteiger partial charge is 0.478 e. The maximum absolute atomic E-state index is 12.9. The van der Waals surface area contributed by atoms with Crippen LogP contribution in [-0.2, 0) is 0 Å². The SMILES string of the molecule is O=C(O)c1c(Br)c(=O)[nH]c2cc(F)ccc12. The summed E-state index contributed by atoms with van der Waals surface area (Å²) in [6.45, 7) is 0. The van der Waals surface area contributed by atoms with Gasteiger partial charge in [-0.1, -0.05) is 0 Å². The Balaban J connectivity index is 3.00. The number of pyridine rings is 1. The van der Waals surface area contributed by atoms with Crippen LogP contribution >= 0.6 is 15.9 Å². The molecule has 0 aliphatic heterocycles. The first-order chi connectivity index (χ1) is 7.50. The highest BCUT2D eigenvalue weighted by atomic mass is 79.9. The lowest BCUT2D eigenvalue weighted by Crippen LogP contribution is -2.13. The molecule has 1 aromatic heterocycles. The van der Waals surface area contributed by atoms with Crippen LogP contribution in [0.25, 0.3) is 10.9 Å². The summed E-state index contributed by atoms with van der Waals surface area (Å²) in [6, 6.07) is 3.53. The molecule has 4 nitrogen and oxygen atoms in total. The number of halogens is 2. The monoisotopic (exact) mass is 285 g/mol. The summed E-state index contributed by atoms with van der Waals surface area (Å²) in [5.74, 6) is -1.78. The Labute approximate surface area is 96.8 Å². The van der Waals surface area contributed by atoms with Crippen molar-refractivity contribution in [3.05, 3.63) is 44.4 Å². The molecule has 2 rings (SSSR count). The molecular weight excluding hydrogens is 281 g/mol. The number of hydrogen-bond donors (Lipinski definition) is 2. The second-order valence-corrected chi connectivity index (χ2v) is 3.93. The smallest absolute Gasteiger partial charge is 0.337 e. The summed E-state index contributed by atoms with van der Waals surface area (Å²) in [5, 5.41) is 9.26. The Morgan fingerprint density at radius 1 is 1.44 bits per heavy atom. The second-order valence-electron chi connectivity index (χ2n) is 3.14. The van der Waals surface area contributed by atoms with Crippen LogP contribution in [0, 0.1) is 5.82 Å². The fourth-order valence-corrected chi connectivity index (χ4v) is 1.94. The van der Waals surface area contributed by atoms with Gasteiger partial charge < -0.3 is 10.1 Å². The Morgan fingerprint density at radius 3 is 2.75 bits per heavy atom. The average molecular weight is 286 g/mol. The van der Waals surface area contributed by atoms with Crippen LogP contribution in [0.4, 0.5) is 4.39 Å². The molecule has 0 spiro atoms. The number of carbonyl (C=O) groups is 1. The van der Waals surface area contributed by atoms with Crippen LogP contribution in [0.15, 0.2) is 27.5 Å². The third-order valence-corrected chi connectivity index (χ3v) is 2.89. The number of rotatable bonds is 1. The molecule has 82 valence electrons. The van der Waals surface area contributed by atoms with Gasteiger partial charge in [0.2, 0.25) is 0 Å². The van der Waals surface area contributed by atoms with E-state index in [0.717, 1.165) is 12.1 Å². The summed E-state index contributed by atoms with van der Waals surface area (Å²) >= 11 is 2.90. The van der Waals surface area contributed by atoms with Crippen molar-refractivity contribution in [2.24, 2.45) is 0 Å². The molecule has 0 atom stereocenters. The fraction of sp³-hybridized carbons (Fsp3) is 0. The summed E-state index contributed by atoms with van der Waals surface area (Å²) in [7, 11) is 0. The van der Waals surface area contributed by atoms with Crippen molar-refractivity contribution >= 4 is 32.8 Å². The van der Waals surface area contributed by atoms with Crippen LogP contribution < -0.4 is 5.56 Å². The molecule has 0 aliphatic carbocycles. The molecule has 0 fully saturated rings. The highest BCUT2D eigenvalue weighted by Crippen LogP contribution is 2.22. The molecule has 0 amide bonds. The van der Waals surface area contributed by atoms with Gasteiger partial charge in [0, 0.05) is 5.39 Å². The van der Waals surface area contributed by atoms with Crippen LogP contribution in [0.3, 0.4) is 0 Å². The second kappa shape index (κ2) is 3.71. The molecule has 6 heteroatoms. The van der Waals surface area contributed by atoms with E-state index in [1.54, 1.807) is 0 Å². The molecule has 0 saturated heterocycles. The van der Waals surface area contributed by atoms with Gasteiger partial charge in [0.05, 0.1) is 15.6 Å². The van der Waals surface area contributed by atoms with Gasteiger partial charge in [-0.25, -0.2) is 9.18 Å². The van der Waals surface area contributed by atoms with Gasteiger partial charge in [0.1, 0.15) is 5.82 Å². The summed E-state index contributed by atoms with van der Waals surface area (Å²) < 4.78 is 12.9. The van der Waals surface area contributed by atoms with Crippen LogP contribution in [0.5, 0.6) is 0 Å². The van der Waals surface area contributed by atoms with Crippen molar-refractivity contribution < 1.29 is 14.3 Å². The van der Waals surface area contributed by atoms with Crippen LogP contribution in [-0.4, -0.2) is 16.1 Å². The van der Waals surface area contributed by atoms with E-state index in [1.165, 1.54) is 6.07 Å². The van der Waals surface area contributed by atoms with Gasteiger partial charge in [-0.05, 0) is 34.1 Å². The molecule has 0 aliphatic rings. The van der Waals surface area contributed by atoms with Gasteiger partial charge >= 0.3 is 5.97 Å². The van der Waals surface area contributed by atoms with Gasteiger partial charge in [0.15, 0.2) is 0 Å². The van der Waals surface area contributed by atoms with Crippen molar-refractivity contribution in [2.45, 2.75) is 0 Å². The minimum absolute atomic E-state index is 0.0703. The van der Waals surface area contributed by atoms with Crippen molar-refractivity contribution in [1.82, 2.24) is 4.98 Å². The maximum Gasteiger partial charge on any atom is 0.337 e. The summed E-state index contributed by atoms with van der Waals surface area (Å²) in [4.78, 5) is 24.8. The van der Waals surface area contributed by atoms with Crippen LogP contribution in [0.1, 0.15) is 10.4 Å². The lowest BCUT2D eigenvalue weighted by molar-refractivity contribution is 0.0698. The molecule has 1 heterocycles. The van der Waals surface area contributed by atoms with E-state index >= 15 is 0 Å². The first-order valence-electron chi connectivity index (χ1n) is 4.25. The molecule has 1 aromatic carbocycles. The molecule has 16 heavy (non-hydrogen) atoms.